The van der Waals surface area contributed by atoms with Crippen LogP contribution in [-0.4, -0.2) is 32.4 Å². The second-order valence-corrected chi connectivity index (χ2v) is 5.54. The second kappa shape index (κ2) is 4.75. The van der Waals surface area contributed by atoms with Gasteiger partial charge < -0.3 is 10.6 Å². The van der Waals surface area contributed by atoms with Gasteiger partial charge in [-0.15, -0.1) is 4.40 Å². The molecule has 1 saturated heterocycles. The predicted molar refractivity (Wildman–Crippen MR) is 66.1 cm³/mol. The molecule has 0 unspecified atom stereocenters. The molecule has 6 heteroatoms. The summed E-state index contributed by atoms with van der Waals surface area (Å²) in [5, 5.41) is 0. The third kappa shape index (κ3) is 2.76. The van der Waals surface area contributed by atoms with Crippen LogP contribution in [0.15, 0.2) is 39.6 Å². The molecular formula is C11H15N3O2S. The summed E-state index contributed by atoms with van der Waals surface area (Å²) >= 11 is 0. The number of nitrogens with two attached hydrogens (primary N) is 1. The average molecular weight is 253 g/mol. The van der Waals surface area contributed by atoms with Crippen molar-refractivity contribution in [1.82, 2.24) is 4.90 Å². The molecule has 0 saturated carbocycles. The molecule has 1 heterocycles. The fourth-order valence-electron chi connectivity index (χ4n) is 1.77. The molecule has 0 aliphatic carbocycles. The van der Waals surface area contributed by atoms with Crippen molar-refractivity contribution in [2.75, 3.05) is 13.1 Å². The predicted octanol–water partition coefficient (Wildman–Crippen LogP) is 0.786. The maximum Gasteiger partial charge on any atom is 0.285 e. The maximum atomic E-state index is 11.9. The number of rotatable bonds is 2. The highest BCUT2D eigenvalue weighted by Crippen LogP contribution is 2.13. The van der Waals surface area contributed by atoms with Gasteiger partial charge in [0.2, 0.25) is 5.96 Å². The SMILES string of the molecule is N/C(=N\S(=O)(=O)c1ccccc1)N1CCCC1. The molecule has 1 aromatic rings. The van der Waals surface area contributed by atoms with Crippen molar-refractivity contribution in [3.05, 3.63) is 30.3 Å². The highest BCUT2D eigenvalue weighted by molar-refractivity contribution is 7.90. The van der Waals surface area contributed by atoms with Crippen molar-refractivity contribution < 1.29 is 8.42 Å². The number of hydrogen-bond acceptors (Lipinski definition) is 2. The zero-order valence-corrected chi connectivity index (χ0v) is 10.2. The van der Waals surface area contributed by atoms with Crippen LogP contribution >= 0.6 is 0 Å². The zero-order valence-electron chi connectivity index (χ0n) is 9.41. The lowest BCUT2D eigenvalue weighted by Gasteiger charge is -2.15. The van der Waals surface area contributed by atoms with Gasteiger partial charge in [0, 0.05) is 13.1 Å². The number of nitrogens with zero attached hydrogens (tertiary/aromatic N) is 2. The Hall–Kier alpha value is -1.56. The Morgan fingerprint density at radius 1 is 1.18 bits per heavy atom. The maximum absolute atomic E-state index is 11.9. The standard InChI is InChI=1S/C11H15N3O2S/c12-11(14-8-4-5-9-14)13-17(15,16)10-6-2-1-3-7-10/h1-3,6-7H,4-5,8-9H2,(H2,12,13). The lowest BCUT2D eigenvalue weighted by molar-refractivity contribution is 0.513. The molecule has 0 amide bonds. The van der Waals surface area contributed by atoms with Crippen LogP contribution < -0.4 is 5.73 Å². The van der Waals surface area contributed by atoms with Crippen molar-refractivity contribution in [2.24, 2.45) is 10.1 Å². The third-order valence-electron chi connectivity index (χ3n) is 2.68. The summed E-state index contributed by atoms with van der Waals surface area (Å²) < 4.78 is 27.5. The molecule has 0 bridgehead atoms. The van der Waals surface area contributed by atoms with Crippen LogP contribution in [0.1, 0.15) is 12.8 Å². The van der Waals surface area contributed by atoms with Crippen LogP contribution in [0, 0.1) is 0 Å². The summed E-state index contributed by atoms with van der Waals surface area (Å²) in [5.41, 5.74) is 5.70. The molecule has 0 spiro atoms. The van der Waals surface area contributed by atoms with E-state index in [0.29, 0.717) is 0 Å². The Kier molecular flexibility index (Phi) is 3.33. The van der Waals surface area contributed by atoms with E-state index in [9.17, 15) is 8.42 Å². The summed E-state index contributed by atoms with van der Waals surface area (Å²) in [6.07, 6.45) is 2.06. The molecule has 2 N–H and O–H groups in total. The number of guanidine groups is 1. The third-order valence-corrected chi connectivity index (χ3v) is 3.98. The lowest BCUT2D eigenvalue weighted by atomic mass is 10.4. The molecule has 1 aliphatic heterocycles. The Morgan fingerprint density at radius 2 is 1.76 bits per heavy atom. The molecule has 0 aromatic heterocycles. The van der Waals surface area contributed by atoms with E-state index in [1.807, 2.05) is 0 Å². The molecule has 2 rings (SSSR count). The van der Waals surface area contributed by atoms with Crippen molar-refractivity contribution in [2.45, 2.75) is 17.7 Å². The smallest absolute Gasteiger partial charge is 0.285 e. The molecule has 1 aromatic carbocycles. The Bertz CT molecular complexity index is 505. The fourth-order valence-corrected chi connectivity index (χ4v) is 2.74. The highest BCUT2D eigenvalue weighted by atomic mass is 32.2. The Balaban J connectivity index is 2.25. The molecule has 17 heavy (non-hydrogen) atoms. The van der Waals surface area contributed by atoms with Crippen LogP contribution in [0.2, 0.25) is 0 Å². The Morgan fingerprint density at radius 3 is 2.35 bits per heavy atom. The highest BCUT2D eigenvalue weighted by Gasteiger charge is 2.18. The van der Waals surface area contributed by atoms with Gasteiger partial charge in [0.1, 0.15) is 0 Å². The molecule has 1 fully saturated rings. The topological polar surface area (TPSA) is 75.8 Å². The first kappa shape index (κ1) is 11.9. The summed E-state index contributed by atoms with van der Waals surface area (Å²) in [6, 6.07) is 8.10. The first-order valence-electron chi connectivity index (χ1n) is 5.50. The quantitative estimate of drug-likeness (QED) is 0.624. The number of benzene rings is 1. The van der Waals surface area contributed by atoms with Gasteiger partial charge in [-0.05, 0) is 25.0 Å². The number of hydrogen-bond donors (Lipinski definition) is 1. The van der Waals surface area contributed by atoms with Gasteiger partial charge in [-0.1, -0.05) is 18.2 Å². The van der Waals surface area contributed by atoms with Gasteiger partial charge >= 0.3 is 0 Å². The van der Waals surface area contributed by atoms with Crippen molar-refractivity contribution >= 4 is 16.0 Å². The molecule has 0 radical (unpaired) electrons. The van der Waals surface area contributed by atoms with Crippen LogP contribution in [0.3, 0.4) is 0 Å². The van der Waals surface area contributed by atoms with Crippen molar-refractivity contribution in [3.63, 3.8) is 0 Å². The summed E-state index contributed by atoms with van der Waals surface area (Å²) in [4.78, 5) is 1.96. The van der Waals surface area contributed by atoms with Crippen molar-refractivity contribution in [1.29, 1.82) is 0 Å². The minimum Gasteiger partial charge on any atom is -0.369 e. The Labute approximate surface area is 101 Å². The molecule has 0 atom stereocenters. The molecule has 5 nitrogen and oxygen atoms in total. The van der Waals surface area contributed by atoms with E-state index in [1.54, 1.807) is 23.1 Å². The zero-order chi connectivity index (χ0) is 12.3. The van der Waals surface area contributed by atoms with Gasteiger partial charge in [-0.2, -0.15) is 8.42 Å². The van der Waals surface area contributed by atoms with Gasteiger partial charge in [-0.3, -0.25) is 0 Å². The fraction of sp³-hybridized carbons (Fsp3) is 0.364. The molecule has 92 valence electrons. The molecule has 1 aliphatic rings. The van der Waals surface area contributed by atoms with Gasteiger partial charge in [0.25, 0.3) is 10.0 Å². The summed E-state index contributed by atoms with van der Waals surface area (Å²) in [7, 11) is -3.68. The largest absolute Gasteiger partial charge is 0.369 e. The van der Waals surface area contributed by atoms with Gasteiger partial charge in [0.05, 0.1) is 4.90 Å². The van der Waals surface area contributed by atoms with Crippen LogP contribution in [0.25, 0.3) is 0 Å². The summed E-state index contributed by atoms with van der Waals surface area (Å²) in [6.45, 7) is 1.55. The van der Waals surface area contributed by atoms with Crippen LogP contribution in [0.4, 0.5) is 0 Å². The van der Waals surface area contributed by atoms with E-state index in [2.05, 4.69) is 4.40 Å². The minimum absolute atomic E-state index is 0.0892. The monoisotopic (exact) mass is 253 g/mol. The van der Waals surface area contributed by atoms with Gasteiger partial charge in [0.15, 0.2) is 0 Å². The average Bonchev–Trinajstić information content (AvgIpc) is 2.83. The normalized spacial score (nSPS) is 17.4. The van der Waals surface area contributed by atoms with Gasteiger partial charge in [-0.25, -0.2) is 0 Å². The van der Waals surface area contributed by atoms with E-state index < -0.39 is 10.0 Å². The number of sulfonamides is 1. The summed E-state index contributed by atoms with van der Waals surface area (Å²) in [5.74, 6) is 0.0892. The van der Waals surface area contributed by atoms with Crippen LogP contribution in [0.5, 0.6) is 0 Å². The minimum atomic E-state index is -3.68. The van der Waals surface area contributed by atoms with E-state index in [-0.39, 0.29) is 10.9 Å². The van der Waals surface area contributed by atoms with E-state index in [0.717, 1.165) is 25.9 Å². The van der Waals surface area contributed by atoms with Crippen LogP contribution in [-0.2, 0) is 10.0 Å². The van der Waals surface area contributed by atoms with Crippen molar-refractivity contribution in [3.8, 4) is 0 Å². The van der Waals surface area contributed by atoms with E-state index in [4.69, 9.17) is 5.73 Å². The first-order chi connectivity index (χ1) is 8.09. The number of likely N-dealkylation sites (tertiary alicyclic amines) is 1. The van der Waals surface area contributed by atoms with E-state index in [1.165, 1.54) is 12.1 Å². The van der Waals surface area contributed by atoms with E-state index >= 15 is 0 Å². The lowest BCUT2D eigenvalue weighted by Crippen LogP contribution is -2.35. The first-order valence-corrected chi connectivity index (χ1v) is 6.94. The molecular weight excluding hydrogens is 238 g/mol. The second-order valence-electron chi connectivity index (χ2n) is 3.93.